The highest BCUT2D eigenvalue weighted by Gasteiger charge is 2.33. The van der Waals surface area contributed by atoms with Crippen LogP contribution in [0.3, 0.4) is 0 Å². The Labute approximate surface area is 148 Å². The number of nitrogens with one attached hydrogen (secondary N) is 1. The zero-order chi connectivity index (χ0) is 18.1. The molecule has 1 N–H and O–H groups in total. The second-order valence-electron chi connectivity index (χ2n) is 5.36. The Morgan fingerprint density at radius 3 is 2.56 bits per heavy atom. The first kappa shape index (κ1) is 16.9. The van der Waals surface area contributed by atoms with Gasteiger partial charge in [0.2, 0.25) is 11.6 Å². The van der Waals surface area contributed by atoms with Crippen LogP contribution in [0.5, 0.6) is 0 Å². The first-order chi connectivity index (χ1) is 11.9. The molecule has 1 aromatic heterocycles. The summed E-state index contributed by atoms with van der Waals surface area (Å²) in [5.41, 5.74) is 1.24. The number of aryl methyl sites for hydroxylation is 1. The third-order valence-corrected chi connectivity index (χ3v) is 4.09. The number of esters is 1. The Morgan fingerprint density at radius 1 is 1.12 bits per heavy atom. The summed E-state index contributed by atoms with van der Waals surface area (Å²) >= 11 is 6.11. The number of hydrogen-bond donors (Lipinski definition) is 1. The Bertz CT molecular complexity index is 950. The fourth-order valence-electron chi connectivity index (χ4n) is 2.49. The van der Waals surface area contributed by atoms with Gasteiger partial charge in [-0.3, -0.25) is 9.59 Å². The lowest BCUT2D eigenvalue weighted by Crippen LogP contribution is -2.26. The molecule has 1 heterocycles. The number of halogens is 1. The highest BCUT2D eigenvalue weighted by Crippen LogP contribution is 2.29. The van der Waals surface area contributed by atoms with Crippen molar-refractivity contribution >= 4 is 34.8 Å². The molecule has 126 valence electrons. The summed E-state index contributed by atoms with van der Waals surface area (Å²) in [6.07, 6.45) is 0. The molecule has 1 aliphatic carbocycles. The number of nitrogens with zero attached hydrogens (tertiary/aromatic N) is 1. The van der Waals surface area contributed by atoms with Gasteiger partial charge in [-0.15, -0.1) is 0 Å². The number of benzene rings is 1. The van der Waals surface area contributed by atoms with E-state index in [1.807, 2.05) is 0 Å². The zero-order valence-electron chi connectivity index (χ0n) is 13.4. The van der Waals surface area contributed by atoms with Gasteiger partial charge >= 0.3 is 5.97 Å². The van der Waals surface area contributed by atoms with Crippen LogP contribution in [-0.2, 0) is 4.74 Å². The van der Waals surface area contributed by atoms with Crippen molar-refractivity contribution in [2.75, 3.05) is 12.4 Å². The lowest BCUT2D eigenvalue weighted by Gasteiger charge is -2.19. The lowest BCUT2D eigenvalue weighted by atomic mass is 9.96. The summed E-state index contributed by atoms with van der Waals surface area (Å²) < 4.78 is 4.72. The van der Waals surface area contributed by atoms with E-state index in [4.69, 9.17) is 16.3 Å². The number of Topliss-reactive ketones (excluding diaryl/α,β-unsaturated/α-hetero) is 2. The molecule has 0 fully saturated rings. The van der Waals surface area contributed by atoms with Crippen molar-refractivity contribution in [3.05, 3.63) is 69.6 Å². The fraction of sp³-hybridized carbons (Fsp3) is 0.111. The number of carbonyl (C=O) groups excluding carboxylic acids is 3. The van der Waals surface area contributed by atoms with E-state index in [2.05, 4.69) is 10.3 Å². The predicted molar refractivity (Wildman–Crippen MR) is 91.9 cm³/mol. The molecule has 6 nitrogen and oxygen atoms in total. The van der Waals surface area contributed by atoms with Gasteiger partial charge < -0.3 is 10.1 Å². The Hall–Kier alpha value is -2.99. The Balaban J connectivity index is 2.06. The predicted octanol–water partition coefficient (Wildman–Crippen LogP) is 3.12. The van der Waals surface area contributed by atoms with Crippen molar-refractivity contribution in [3.63, 3.8) is 0 Å². The summed E-state index contributed by atoms with van der Waals surface area (Å²) in [5.74, 6) is -1.59. The number of fused-ring (bicyclic) bond motifs is 1. The van der Waals surface area contributed by atoms with E-state index in [0.29, 0.717) is 11.4 Å². The van der Waals surface area contributed by atoms with Crippen molar-refractivity contribution in [1.82, 2.24) is 4.98 Å². The first-order valence-corrected chi connectivity index (χ1v) is 7.73. The average Bonchev–Trinajstić information content (AvgIpc) is 2.63. The van der Waals surface area contributed by atoms with Crippen LogP contribution in [0.1, 0.15) is 36.9 Å². The maximum absolute atomic E-state index is 12.7. The van der Waals surface area contributed by atoms with Crippen LogP contribution in [0.4, 0.5) is 5.69 Å². The molecule has 0 saturated carbocycles. The van der Waals surface area contributed by atoms with Crippen LogP contribution in [0.2, 0.25) is 0 Å². The minimum Gasteiger partial charge on any atom is -0.465 e. The number of anilines is 1. The fourth-order valence-corrected chi connectivity index (χ4v) is 2.71. The second kappa shape index (κ2) is 6.49. The molecule has 0 saturated heterocycles. The molecule has 0 aliphatic heterocycles. The largest absolute Gasteiger partial charge is 0.465 e. The number of para-hydroxylation sites is 1. The smallest absolute Gasteiger partial charge is 0.339 e. The highest BCUT2D eigenvalue weighted by molar-refractivity contribution is 6.50. The summed E-state index contributed by atoms with van der Waals surface area (Å²) in [5, 5.41) is 2.53. The van der Waals surface area contributed by atoms with Crippen molar-refractivity contribution in [1.29, 1.82) is 0 Å². The van der Waals surface area contributed by atoms with Crippen molar-refractivity contribution < 1.29 is 19.1 Å². The molecule has 1 aromatic carbocycles. The molecule has 0 atom stereocenters. The van der Waals surface area contributed by atoms with Gasteiger partial charge in [0.05, 0.1) is 23.9 Å². The molecule has 1 aliphatic rings. The van der Waals surface area contributed by atoms with Crippen LogP contribution in [0.15, 0.2) is 47.1 Å². The quantitative estimate of drug-likeness (QED) is 0.850. The number of allylic oxidation sites excluding steroid dienone is 2. The number of carbonyl (C=O) groups is 3. The van der Waals surface area contributed by atoms with E-state index < -0.39 is 17.5 Å². The van der Waals surface area contributed by atoms with Gasteiger partial charge in [-0.25, -0.2) is 9.78 Å². The molecule has 0 bridgehead atoms. The Kier molecular flexibility index (Phi) is 4.37. The molecule has 0 spiro atoms. The lowest BCUT2D eigenvalue weighted by molar-refractivity contribution is 0.0601. The van der Waals surface area contributed by atoms with Gasteiger partial charge in [0.25, 0.3) is 0 Å². The number of rotatable bonds is 3. The number of methoxy groups -OCH3 is 1. The number of hydrogen-bond acceptors (Lipinski definition) is 6. The summed E-state index contributed by atoms with van der Waals surface area (Å²) in [6, 6.07) is 9.64. The zero-order valence-corrected chi connectivity index (χ0v) is 14.2. The number of aromatic nitrogens is 1. The molecular formula is C18H13ClN2O4. The van der Waals surface area contributed by atoms with E-state index in [1.165, 1.54) is 19.2 Å². The molecule has 0 amide bonds. The van der Waals surface area contributed by atoms with Gasteiger partial charge in [0.1, 0.15) is 16.4 Å². The number of ether oxygens (including phenoxy) is 1. The van der Waals surface area contributed by atoms with Crippen LogP contribution in [0, 0.1) is 6.92 Å². The Morgan fingerprint density at radius 2 is 1.84 bits per heavy atom. The SMILES string of the molecule is COC(=O)c1ccccc1NC1=C(Cl)C(=O)c2nc(C)ccc2C1=O. The third kappa shape index (κ3) is 2.92. The van der Waals surface area contributed by atoms with Crippen LogP contribution < -0.4 is 5.32 Å². The topological polar surface area (TPSA) is 85.4 Å². The highest BCUT2D eigenvalue weighted by atomic mass is 35.5. The number of ketones is 2. The van der Waals surface area contributed by atoms with Gasteiger partial charge in [-0.1, -0.05) is 23.7 Å². The molecule has 0 radical (unpaired) electrons. The van der Waals surface area contributed by atoms with Crippen molar-refractivity contribution in [3.8, 4) is 0 Å². The maximum Gasteiger partial charge on any atom is 0.339 e. The van der Waals surface area contributed by atoms with Crippen molar-refractivity contribution in [2.24, 2.45) is 0 Å². The molecule has 7 heteroatoms. The summed E-state index contributed by atoms with van der Waals surface area (Å²) in [6.45, 7) is 1.72. The monoisotopic (exact) mass is 356 g/mol. The molecule has 2 aromatic rings. The normalized spacial score (nSPS) is 13.6. The average molecular weight is 357 g/mol. The van der Waals surface area contributed by atoms with E-state index in [1.54, 1.807) is 31.2 Å². The van der Waals surface area contributed by atoms with E-state index in [9.17, 15) is 14.4 Å². The molecule has 25 heavy (non-hydrogen) atoms. The minimum absolute atomic E-state index is 0.0294. The summed E-state index contributed by atoms with van der Waals surface area (Å²) in [7, 11) is 1.25. The van der Waals surface area contributed by atoms with Gasteiger partial charge in [0, 0.05) is 5.69 Å². The van der Waals surface area contributed by atoms with Gasteiger partial charge in [-0.2, -0.15) is 0 Å². The number of pyridine rings is 1. The second-order valence-corrected chi connectivity index (χ2v) is 5.74. The van der Waals surface area contributed by atoms with Gasteiger partial charge in [-0.05, 0) is 31.2 Å². The molecular weight excluding hydrogens is 344 g/mol. The third-order valence-electron chi connectivity index (χ3n) is 3.73. The van der Waals surface area contributed by atoms with Crippen LogP contribution in [-0.4, -0.2) is 29.6 Å². The minimum atomic E-state index is -0.577. The maximum atomic E-state index is 12.7. The summed E-state index contributed by atoms with van der Waals surface area (Å²) in [4.78, 5) is 41.2. The van der Waals surface area contributed by atoms with Crippen LogP contribution >= 0.6 is 11.6 Å². The standard InChI is InChI=1S/C18H13ClN2O4/c1-9-7-8-11-14(20-9)17(23)13(19)15(16(11)22)21-12-6-4-3-5-10(12)18(24)25-2/h3-8,21H,1-2H3. The van der Waals surface area contributed by atoms with E-state index in [0.717, 1.165) is 0 Å². The van der Waals surface area contributed by atoms with Crippen molar-refractivity contribution in [2.45, 2.75) is 6.92 Å². The van der Waals surface area contributed by atoms with E-state index >= 15 is 0 Å². The first-order valence-electron chi connectivity index (χ1n) is 7.35. The molecule has 0 unspecified atom stereocenters. The van der Waals surface area contributed by atoms with E-state index in [-0.39, 0.29) is 27.6 Å². The molecule has 3 rings (SSSR count). The van der Waals surface area contributed by atoms with Gasteiger partial charge in [0.15, 0.2) is 0 Å². The van der Waals surface area contributed by atoms with Crippen LogP contribution in [0.25, 0.3) is 0 Å².